The summed E-state index contributed by atoms with van der Waals surface area (Å²) in [5.74, 6) is 0.476. The Bertz CT molecular complexity index is 753. The van der Waals surface area contributed by atoms with Crippen molar-refractivity contribution in [2.75, 3.05) is 5.73 Å². The molecule has 0 aliphatic heterocycles. The summed E-state index contributed by atoms with van der Waals surface area (Å²) in [7, 11) is 0. The summed E-state index contributed by atoms with van der Waals surface area (Å²) in [6.45, 7) is 4.13. The quantitative estimate of drug-likeness (QED) is 0.748. The average molecular weight is 317 g/mol. The van der Waals surface area contributed by atoms with Crippen LogP contribution in [0, 0.1) is 13.8 Å². The number of hydrogen-bond acceptors (Lipinski definition) is 3. The Morgan fingerprint density at radius 1 is 1.21 bits per heavy atom. The number of nitrogens with zero attached hydrogens (tertiary/aromatic N) is 3. The minimum atomic E-state index is 0.476. The number of aryl methyl sites for hydroxylation is 2. The fraction of sp³-hybridized carbons (Fsp3) is 0.143. The lowest BCUT2D eigenvalue weighted by atomic mass is 10.1. The molecule has 0 radical (unpaired) electrons. The Kier molecular flexibility index (Phi) is 2.78. The van der Waals surface area contributed by atoms with Gasteiger partial charge in [-0.2, -0.15) is 0 Å². The first-order valence-electron chi connectivity index (χ1n) is 5.93. The molecule has 1 aromatic carbocycles. The molecule has 0 amide bonds. The fourth-order valence-corrected chi connectivity index (χ4v) is 2.50. The van der Waals surface area contributed by atoms with E-state index in [1.807, 2.05) is 10.6 Å². The highest BCUT2D eigenvalue weighted by molar-refractivity contribution is 9.10. The van der Waals surface area contributed by atoms with E-state index in [-0.39, 0.29) is 0 Å². The molecule has 0 fully saturated rings. The maximum absolute atomic E-state index is 6.04. The van der Waals surface area contributed by atoms with E-state index in [4.69, 9.17) is 5.73 Å². The number of pyridine rings is 1. The van der Waals surface area contributed by atoms with Crippen LogP contribution in [0.1, 0.15) is 11.1 Å². The van der Waals surface area contributed by atoms with Gasteiger partial charge in [0.2, 0.25) is 5.95 Å². The van der Waals surface area contributed by atoms with Gasteiger partial charge in [-0.1, -0.05) is 15.9 Å². The normalized spacial score (nSPS) is 11.1. The topological polar surface area (TPSA) is 56.7 Å². The second-order valence-electron chi connectivity index (χ2n) is 4.56. The molecule has 3 rings (SSSR count). The Balaban J connectivity index is 2.33. The highest BCUT2D eigenvalue weighted by Crippen LogP contribution is 2.28. The molecule has 0 aliphatic carbocycles. The highest BCUT2D eigenvalue weighted by atomic mass is 79.9. The number of hydrogen-bond donors (Lipinski definition) is 1. The summed E-state index contributed by atoms with van der Waals surface area (Å²) in [4.78, 5) is 8.41. The molecule has 0 unspecified atom stereocenters. The molecule has 2 aromatic heterocycles. The van der Waals surface area contributed by atoms with Crippen molar-refractivity contribution in [1.29, 1.82) is 0 Å². The summed E-state index contributed by atoms with van der Waals surface area (Å²) in [5.41, 5.74) is 11.2. The SMILES string of the molecule is Cc1cc(-n2c(N)nc3cnccc32)cc(C)c1Br. The number of nitrogens with two attached hydrogens (primary N) is 1. The van der Waals surface area contributed by atoms with Crippen LogP contribution in [0.15, 0.2) is 35.1 Å². The first kappa shape index (κ1) is 12.2. The number of halogens is 1. The van der Waals surface area contributed by atoms with E-state index < -0.39 is 0 Å². The van der Waals surface area contributed by atoms with Crippen molar-refractivity contribution >= 4 is 32.9 Å². The second kappa shape index (κ2) is 4.35. The van der Waals surface area contributed by atoms with E-state index in [1.54, 1.807) is 12.4 Å². The zero-order valence-electron chi connectivity index (χ0n) is 10.7. The number of benzene rings is 1. The zero-order chi connectivity index (χ0) is 13.6. The van der Waals surface area contributed by atoms with Gasteiger partial charge in [-0.15, -0.1) is 0 Å². The average Bonchev–Trinajstić information content (AvgIpc) is 2.71. The van der Waals surface area contributed by atoms with Crippen molar-refractivity contribution in [3.63, 3.8) is 0 Å². The van der Waals surface area contributed by atoms with Gasteiger partial charge in [-0.05, 0) is 43.2 Å². The van der Waals surface area contributed by atoms with E-state index in [0.717, 1.165) is 21.2 Å². The molecule has 2 N–H and O–H groups in total. The van der Waals surface area contributed by atoms with Crippen LogP contribution in [0.5, 0.6) is 0 Å². The van der Waals surface area contributed by atoms with Crippen LogP contribution in [0.3, 0.4) is 0 Å². The molecule has 0 saturated carbocycles. The maximum Gasteiger partial charge on any atom is 0.205 e. The number of fused-ring (bicyclic) bond motifs is 1. The Labute approximate surface area is 119 Å². The van der Waals surface area contributed by atoms with Crippen molar-refractivity contribution in [3.05, 3.63) is 46.2 Å². The number of anilines is 1. The predicted octanol–water partition coefficient (Wildman–Crippen LogP) is 3.38. The molecule has 5 heteroatoms. The van der Waals surface area contributed by atoms with Crippen LogP contribution in [-0.4, -0.2) is 14.5 Å². The second-order valence-corrected chi connectivity index (χ2v) is 5.36. The number of imidazole rings is 1. The Morgan fingerprint density at radius 3 is 2.58 bits per heavy atom. The smallest absolute Gasteiger partial charge is 0.205 e. The maximum atomic E-state index is 6.04. The van der Waals surface area contributed by atoms with E-state index in [0.29, 0.717) is 5.95 Å². The van der Waals surface area contributed by atoms with Gasteiger partial charge >= 0.3 is 0 Å². The summed E-state index contributed by atoms with van der Waals surface area (Å²) >= 11 is 3.58. The first-order chi connectivity index (χ1) is 9.08. The van der Waals surface area contributed by atoms with Crippen LogP contribution in [0.2, 0.25) is 0 Å². The molecule has 0 atom stereocenters. The van der Waals surface area contributed by atoms with Crippen LogP contribution in [0.25, 0.3) is 16.7 Å². The van der Waals surface area contributed by atoms with Gasteiger partial charge in [0.05, 0.1) is 11.7 Å². The highest BCUT2D eigenvalue weighted by Gasteiger charge is 2.11. The lowest BCUT2D eigenvalue weighted by molar-refractivity contribution is 1.09. The fourth-order valence-electron chi connectivity index (χ4n) is 2.27. The largest absolute Gasteiger partial charge is 0.369 e. The van der Waals surface area contributed by atoms with Crippen LogP contribution < -0.4 is 5.73 Å². The molecule has 0 spiro atoms. The van der Waals surface area contributed by atoms with Gasteiger partial charge in [-0.25, -0.2) is 4.98 Å². The number of nitrogen functional groups attached to an aromatic ring is 1. The van der Waals surface area contributed by atoms with E-state index in [2.05, 4.69) is 51.9 Å². The van der Waals surface area contributed by atoms with Gasteiger partial charge in [0.1, 0.15) is 5.52 Å². The summed E-state index contributed by atoms with van der Waals surface area (Å²) < 4.78 is 3.07. The Hall–Kier alpha value is -1.88. The molecule has 19 heavy (non-hydrogen) atoms. The third-order valence-corrected chi connectivity index (χ3v) is 4.41. The van der Waals surface area contributed by atoms with Gasteiger partial charge in [-0.3, -0.25) is 9.55 Å². The predicted molar refractivity (Wildman–Crippen MR) is 80.5 cm³/mol. The van der Waals surface area contributed by atoms with Crippen molar-refractivity contribution in [2.24, 2.45) is 0 Å². The third-order valence-electron chi connectivity index (χ3n) is 3.16. The zero-order valence-corrected chi connectivity index (χ0v) is 12.3. The molecular weight excluding hydrogens is 304 g/mol. The van der Waals surface area contributed by atoms with Crippen molar-refractivity contribution in [3.8, 4) is 5.69 Å². The van der Waals surface area contributed by atoms with Gasteiger partial charge in [0, 0.05) is 16.4 Å². The number of rotatable bonds is 1. The molecule has 0 bridgehead atoms. The van der Waals surface area contributed by atoms with Gasteiger partial charge < -0.3 is 5.73 Å². The summed E-state index contributed by atoms with van der Waals surface area (Å²) in [6, 6.07) is 6.11. The third kappa shape index (κ3) is 1.90. The minimum absolute atomic E-state index is 0.476. The molecule has 3 aromatic rings. The summed E-state index contributed by atoms with van der Waals surface area (Å²) in [6.07, 6.45) is 3.47. The van der Waals surface area contributed by atoms with Crippen LogP contribution >= 0.6 is 15.9 Å². The lowest BCUT2D eigenvalue weighted by Crippen LogP contribution is -2.01. The first-order valence-corrected chi connectivity index (χ1v) is 6.72. The Morgan fingerprint density at radius 2 is 1.89 bits per heavy atom. The molecular formula is C14H13BrN4. The molecule has 4 nitrogen and oxygen atoms in total. The van der Waals surface area contributed by atoms with Crippen molar-refractivity contribution < 1.29 is 0 Å². The molecule has 2 heterocycles. The molecule has 96 valence electrons. The minimum Gasteiger partial charge on any atom is -0.369 e. The van der Waals surface area contributed by atoms with E-state index >= 15 is 0 Å². The standard InChI is InChI=1S/C14H13BrN4/c1-8-5-10(6-9(2)13(8)15)19-12-3-4-17-7-11(12)18-14(19)16/h3-7H,1-2H3,(H2,16,18). The molecule has 0 saturated heterocycles. The van der Waals surface area contributed by atoms with E-state index in [9.17, 15) is 0 Å². The van der Waals surface area contributed by atoms with Crippen molar-refractivity contribution in [2.45, 2.75) is 13.8 Å². The lowest BCUT2D eigenvalue weighted by Gasteiger charge is -2.11. The monoisotopic (exact) mass is 316 g/mol. The van der Waals surface area contributed by atoms with Gasteiger partial charge in [0.15, 0.2) is 0 Å². The molecule has 0 aliphatic rings. The van der Waals surface area contributed by atoms with E-state index in [1.165, 1.54) is 11.1 Å². The van der Waals surface area contributed by atoms with Crippen LogP contribution in [-0.2, 0) is 0 Å². The van der Waals surface area contributed by atoms with Crippen LogP contribution in [0.4, 0.5) is 5.95 Å². The van der Waals surface area contributed by atoms with Crippen molar-refractivity contribution in [1.82, 2.24) is 14.5 Å². The summed E-state index contributed by atoms with van der Waals surface area (Å²) in [5, 5.41) is 0. The number of aromatic nitrogens is 3. The van der Waals surface area contributed by atoms with Gasteiger partial charge in [0.25, 0.3) is 0 Å².